The zero-order chi connectivity index (χ0) is 10.9. The minimum atomic E-state index is -1.21. The fourth-order valence-corrected chi connectivity index (χ4v) is 1.56. The summed E-state index contributed by atoms with van der Waals surface area (Å²) in [6, 6.07) is 0.528. The van der Waals surface area contributed by atoms with Crippen LogP contribution >= 0.6 is 15.9 Å². The standard InChI is InChI=1S/C9H9BrF3N/c1-4(14)2-5-3-6(11)9(13)7(10)8(5)12/h3-4H,2,14H2,1H3. The molecule has 0 aliphatic rings. The summed E-state index contributed by atoms with van der Waals surface area (Å²) in [6.07, 6.45) is 0.168. The molecule has 2 N–H and O–H groups in total. The van der Waals surface area contributed by atoms with Crippen LogP contribution in [0.5, 0.6) is 0 Å². The molecule has 0 saturated carbocycles. The first-order chi connectivity index (χ1) is 6.43. The van der Waals surface area contributed by atoms with Crippen LogP contribution in [-0.2, 0) is 6.42 Å². The molecule has 1 nitrogen and oxygen atoms in total. The Morgan fingerprint density at radius 2 is 1.93 bits per heavy atom. The molecule has 5 heteroatoms. The van der Waals surface area contributed by atoms with Gasteiger partial charge in [-0.2, -0.15) is 0 Å². The van der Waals surface area contributed by atoms with Crippen molar-refractivity contribution in [3.63, 3.8) is 0 Å². The van der Waals surface area contributed by atoms with Crippen LogP contribution in [0.15, 0.2) is 10.5 Å². The van der Waals surface area contributed by atoms with Crippen LogP contribution in [0, 0.1) is 17.5 Å². The van der Waals surface area contributed by atoms with Gasteiger partial charge in [0.1, 0.15) is 5.82 Å². The summed E-state index contributed by atoms with van der Waals surface area (Å²) in [6.45, 7) is 1.66. The van der Waals surface area contributed by atoms with Gasteiger partial charge in [0.15, 0.2) is 11.6 Å². The summed E-state index contributed by atoms with van der Waals surface area (Å²) >= 11 is 2.64. The number of rotatable bonds is 2. The summed E-state index contributed by atoms with van der Waals surface area (Å²) in [4.78, 5) is 0. The Morgan fingerprint density at radius 3 is 2.43 bits per heavy atom. The number of hydrogen-bond acceptors (Lipinski definition) is 1. The van der Waals surface area contributed by atoms with Crippen molar-refractivity contribution in [1.82, 2.24) is 0 Å². The SMILES string of the molecule is CC(N)Cc1cc(F)c(F)c(Br)c1F. The summed E-state index contributed by atoms with van der Waals surface area (Å²) in [5, 5.41) is 0. The van der Waals surface area contributed by atoms with E-state index in [0.717, 1.165) is 6.07 Å². The van der Waals surface area contributed by atoms with Crippen LogP contribution in [0.1, 0.15) is 12.5 Å². The van der Waals surface area contributed by atoms with Crippen LogP contribution in [0.4, 0.5) is 13.2 Å². The van der Waals surface area contributed by atoms with Gasteiger partial charge in [-0.15, -0.1) is 0 Å². The second-order valence-corrected chi connectivity index (χ2v) is 3.93. The van der Waals surface area contributed by atoms with Crippen molar-refractivity contribution >= 4 is 15.9 Å². The van der Waals surface area contributed by atoms with Gasteiger partial charge in [0.05, 0.1) is 4.47 Å². The second kappa shape index (κ2) is 4.31. The molecule has 0 amide bonds. The number of halogens is 4. The minimum Gasteiger partial charge on any atom is -0.328 e. The molecule has 0 heterocycles. The summed E-state index contributed by atoms with van der Waals surface area (Å²) in [7, 11) is 0. The highest BCUT2D eigenvalue weighted by Crippen LogP contribution is 2.25. The van der Waals surface area contributed by atoms with Gasteiger partial charge in [-0.25, -0.2) is 13.2 Å². The van der Waals surface area contributed by atoms with E-state index in [1.54, 1.807) is 6.92 Å². The Hall–Kier alpha value is -0.550. The average molecular weight is 268 g/mol. The molecule has 1 atom stereocenters. The first-order valence-electron chi connectivity index (χ1n) is 4.01. The molecule has 0 radical (unpaired) electrons. The molecular formula is C9H9BrF3N. The van der Waals surface area contributed by atoms with E-state index in [2.05, 4.69) is 15.9 Å². The Labute approximate surface area is 88.2 Å². The van der Waals surface area contributed by atoms with E-state index < -0.39 is 21.9 Å². The van der Waals surface area contributed by atoms with Crippen LogP contribution in [0.25, 0.3) is 0 Å². The maximum atomic E-state index is 13.3. The van der Waals surface area contributed by atoms with Crippen LogP contribution < -0.4 is 5.73 Å². The Kier molecular flexibility index (Phi) is 3.55. The highest BCUT2D eigenvalue weighted by atomic mass is 79.9. The van der Waals surface area contributed by atoms with Crippen LogP contribution in [0.3, 0.4) is 0 Å². The molecule has 1 rings (SSSR count). The molecule has 1 aromatic carbocycles. The van der Waals surface area contributed by atoms with E-state index >= 15 is 0 Å². The number of nitrogens with two attached hydrogens (primary N) is 1. The molecule has 0 bridgehead atoms. The fraction of sp³-hybridized carbons (Fsp3) is 0.333. The molecule has 0 aromatic heterocycles. The van der Waals surface area contributed by atoms with E-state index in [4.69, 9.17) is 5.73 Å². The lowest BCUT2D eigenvalue weighted by Crippen LogP contribution is -2.19. The topological polar surface area (TPSA) is 26.0 Å². The zero-order valence-corrected chi connectivity index (χ0v) is 9.04. The third-order valence-electron chi connectivity index (χ3n) is 1.72. The second-order valence-electron chi connectivity index (χ2n) is 3.14. The quantitative estimate of drug-likeness (QED) is 0.647. The van der Waals surface area contributed by atoms with E-state index in [1.807, 2.05) is 0 Å². The molecule has 0 spiro atoms. The van der Waals surface area contributed by atoms with Crippen molar-refractivity contribution in [3.8, 4) is 0 Å². The van der Waals surface area contributed by atoms with Gasteiger partial charge in [0, 0.05) is 6.04 Å². The normalized spacial score (nSPS) is 13.0. The number of benzene rings is 1. The Balaban J connectivity index is 3.19. The van der Waals surface area contributed by atoms with Crippen molar-refractivity contribution in [1.29, 1.82) is 0 Å². The number of hydrogen-bond donors (Lipinski definition) is 1. The predicted molar refractivity (Wildman–Crippen MR) is 51.4 cm³/mol. The summed E-state index contributed by atoms with van der Waals surface area (Å²) < 4.78 is 38.5. The van der Waals surface area contributed by atoms with Crippen molar-refractivity contribution in [2.75, 3.05) is 0 Å². The lowest BCUT2D eigenvalue weighted by molar-refractivity contribution is 0.480. The van der Waals surface area contributed by atoms with E-state index in [9.17, 15) is 13.2 Å². The molecule has 14 heavy (non-hydrogen) atoms. The molecular weight excluding hydrogens is 259 g/mol. The van der Waals surface area contributed by atoms with Crippen LogP contribution in [0.2, 0.25) is 0 Å². The van der Waals surface area contributed by atoms with Crippen LogP contribution in [-0.4, -0.2) is 6.04 Å². The Bertz CT molecular complexity index is 352. The lowest BCUT2D eigenvalue weighted by Gasteiger charge is -2.08. The molecule has 1 unspecified atom stereocenters. The van der Waals surface area contributed by atoms with Gasteiger partial charge in [-0.05, 0) is 40.9 Å². The Morgan fingerprint density at radius 1 is 1.36 bits per heavy atom. The van der Waals surface area contributed by atoms with Crippen molar-refractivity contribution < 1.29 is 13.2 Å². The maximum Gasteiger partial charge on any atom is 0.175 e. The van der Waals surface area contributed by atoms with Crippen molar-refractivity contribution in [2.45, 2.75) is 19.4 Å². The van der Waals surface area contributed by atoms with Gasteiger partial charge < -0.3 is 5.73 Å². The first-order valence-corrected chi connectivity index (χ1v) is 4.80. The molecule has 0 aliphatic carbocycles. The van der Waals surface area contributed by atoms with Gasteiger partial charge in [-0.1, -0.05) is 0 Å². The minimum absolute atomic E-state index is 0.0748. The maximum absolute atomic E-state index is 13.3. The fourth-order valence-electron chi connectivity index (χ4n) is 1.12. The largest absolute Gasteiger partial charge is 0.328 e. The molecule has 0 aliphatic heterocycles. The van der Waals surface area contributed by atoms with E-state index in [1.165, 1.54) is 0 Å². The third kappa shape index (κ3) is 2.27. The third-order valence-corrected chi connectivity index (χ3v) is 2.42. The van der Waals surface area contributed by atoms with Gasteiger partial charge in [0.2, 0.25) is 0 Å². The van der Waals surface area contributed by atoms with Gasteiger partial charge in [-0.3, -0.25) is 0 Å². The first kappa shape index (κ1) is 11.5. The summed E-state index contributed by atoms with van der Waals surface area (Å²) in [5.74, 6) is -3.08. The van der Waals surface area contributed by atoms with Crippen molar-refractivity contribution in [2.24, 2.45) is 5.73 Å². The predicted octanol–water partition coefficient (Wildman–Crippen LogP) is 2.76. The molecule has 1 aromatic rings. The summed E-state index contributed by atoms with van der Waals surface area (Å²) in [5.41, 5.74) is 5.51. The van der Waals surface area contributed by atoms with Gasteiger partial charge in [0.25, 0.3) is 0 Å². The van der Waals surface area contributed by atoms with E-state index in [-0.39, 0.29) is 18.0 Å². The average Bonchev–Trinajstić information content (AvgIpc) is 2.10. The molecule has 0 saturated heterocycles. The van der Waals surface area contributed by atoms with Gasteiger partial charge >= 0.3 is 0 Å². The van der Waals surface area contributed by atoms with Crippen molar-refractivity contribution in [3.05, 3.63) is 33.6 Å². The molecule has 0 fully saturated rings. The lowest BCUT2D eigenvalue weighted by atomic mass is 10.1. The highest BCUT2D eigenvalue weighted by molar-refractivity contribution is 9.10. The molecule has 78 valence electrons. The monoisotopic (exact) mass is 267 g/mol. The highest BCUT2D eigenvalue weighted by Gasteiger charge is 2.17. The van der Waals surface area contributed by atoms with E-state index in [0.29, 0.717) is 0 Å². The zero-order valence-electron chi connectivity index (χ0n) is 7.45. The smallest absolute Gasteiger partial charge is 0.175 e.